The summed E-state index contributed by atoms with van der Waals surface area (Å²) < 4.78 is 1.36. The molecule has 0 aliphatic carbocycles. The van der Waals surface area contributed by atoms with Crippen LogP contribution in [0.3, 0.4) is 0 Å². The van der Waals surface area contributed by atoms with Crippen LogP contribution in [0.25, 0.3) is 5.95 Å². The molecule has 2 aromatic heterocycles. The number of rotatable bonds is 3. The van der Waals surface area contributed by atoms with Gasteiger partial charge in [-0.15, -0.1) is 0 Å². The smallest absolute Gasteiger partial charge is 0.274 e. The molecule has 0 aliphatic rings. The molecule has 0 aliphatic heterocycles. The SMILES string of the molecule is CC(C)Cc1cc(=O)n(-c2ncccn2)[nH]1. The number of hydrogen-bond donors (Lipinski definition) is 1. The van der Waals surface area contributed by atoms with Crippen LogP contribution in [0.5, 0.6) is 0 Å². The zero-order valence-corrected chi connectivity index (χ0v) is 9.34. The monoisotopic (exact) mass is 218 g/mol. The summed E-state index contributed by atoms with van der Waals surface area (Å²) in [4.78, 5) is 19.7. The van der Waals surface area contributed by atoms with Gasteiger partial charge in [-0.05, 0) is 18.4 Å². The first-order valence-electron chi connectivity index (χ1n) is 5.25. The molecule has 0 fully saturated rings. The van der Waals surface area contributed by atoms with Gasteiger partial charge >= 0.3 is 0 Å². The predicted octanol–water partition coefficient (Wildman–Crippen LogP) is 1.15. The van der Waals surface area contributed by atoms with Crippen molar-refractivity contribution in [2.75, 3.05) is 0 Å². The van der Waals surface area contributed by atoms with Crippen LogP contribution in [0.15, 0.2) is 29.3 Å². The second-order valence-corrected chi connectivity index (χ2v) is 4.10. The molecule has 2 heterocycles. The Morgan fingerprint density at radius 2 is 2.06 bits per heavy atom. The van der Waals surface area contributed by atoms with Crippen molar-refractivity contribution in [2.45, 2.75) is 20.3 Å². The molecule has 0 spiro atoms. The maximum atomic E-state index is 11.7. The zero-order chi connectivity index (χ0) is 11.5. The minimum Gasteiger partial charge on any atom is -0.292 e. The van der Waals surface area contributed by atoms with Crippen molar-refractivity contribution in [1.82, 2.24) is 19.7 Å². The molecule has 0 amide bonds. The van der Waals surface area contributed by atoms with Crippen LogP contribution in [0.2, 0.25) is 0 Å². The van der Waals surface area contributed by atoms with Crippen LogP contribution < -0.4 is 5.56 Å². The van der Waals surface area contributed by atoms with Crippen molar-refractivity contribution in [3.8, 4) is 5.95 Å². The van der Waals surface area contributed by atoms with E-state index in [9.17, 15) is 4.79 Å². The van der Waals surface area contributed by atoms with Gasteiger partial charge in [0.15, 0.2) is 0 Å². The second-order valence-electron chi connectivity index (χ2n) is 4.10. The van der Waals surface area contributed by atoms with Crippen LogP contribution in [0, 0.1) is 5.92 Å². The summed E-state index contributed by atoms with van der Waals surface area (Å²) in [5.41, 5.74) is 0.786. The third-order valence-corrected chi connectivity index (χ3v) is 2.15. The van der Waals surface area contributed by atoms with E-state index in [4.69, 9.17) is 0 Å². The topological polar surface area (TPSA) is 63.6 Å². The van der Waals surface area contributed by atoms with Crippen molar-refractivity contribution in [3.05, 3.63) is 40.6 Å². The van der Waals surface area contributed by atoms with Crippen LogP contribution in [-0.4, -0.2) is 19.7 Å². The third kappa shape index (κ3) is 2.18. The highest BCUT2D eigenvalue weighted by Crippen LogP contribution is 2.03. The average Bonchev–Trinajstić information content (AvgIpc) is 2.60. The summed E-state index contributed by atoms with van der Waals surface area (Å²) >= 11 is 0. The van der Waals surface area contributed by atoms with Crippen molar-refractivity contribution >= 4 is 0 Å². The van der Waals surface area contributed by atoms with E-state index in [-0.39, 0.29) is 5.56 Å². The Hall–Kier alpha value is -1.91. The Labute approximate surface area is 93.2 Å². The summed E-state index contributed by atoms with van der Waals surface area (Å²) in [6.45, 7) is 4.21. The van der Waals surface area contributed by atoms with Gasteiger partial charge in [0.25, 0.3) is 11.5 Å². The zero-order valence-electron chi connectivity index (χ0n) is 9.34. The minimum absolute atomic E-state index is 0.123. The van der Waals surface area contributed by atoms with Crippen molar-refractivity contribution in [1.29, 1.82) is 0 Å². The summed E-state index contributed by atoms with van der Waals surface area (Å²) in [6, 6.07) is 3.31. The summed E-state index contributed by atoms with van der Waals surface area (Å²) in [5, 5.41) is 3.01. The van der Waals surface area contributed by atoms with E-state index >= 15 is 0 Å². The maximum absolute atomic E-state index is 11.7. The lowest BCUT2D eigenvalue weighted by Crippen LogP contribution is -2.16. The Kier molecular flexibility index (Phi) is 2.85. The van der Waals surface area contributed by atoms with Gasteiger partial charge in [0.1, 0.15) is 0 Å². The number of aromatic nitrogens is 4. The molecule has 5 heteroatoms. The van der Waals surface area contributed by atoms with Crippen LogP contribution >= 0.6 is 0 Å². The standard InChI is InChI=1S/C11H14N4O/c1-8(2)6-9-7-10(16)15(14-9)11-12-4-3-5-13-11/h3-5,7-8,14H,6H2,1-2H3. The van der Waals surface area contributed by atoms with Gasteiger partial charge in [-0.2, -0.15) is 4.68 Å². The molecule has 0 bridgehead atoms. The average molecular weight is 218 g/mol. The number of hydrogen-bond acceptors (Lipinski definition) is 3. The molecular weight excluding hydrogens is 204 g/mol. The number of H-pyrrole nitrogens is 1. The van der Waals surface area contributed by atoms with E-state index in [1.165, 1.54) is 4.68 Å². The van der Waals surface area contributed by atoms with E-state index in [1.54, 1.807) is 24.5 Å². The first kappa shape index (κ1) is 10.6. The molecule has 2 aromatic rings. The fourth-order valence-corrected chi connectivity index (χ4v) is 1.54. The van der Waals surface area contributed by atoms with E-state index in [1.807, 2.05) is 0 Å². The molecule has 0 atom stereocenters. The number of nitrogens with zero attached hydrogens (tertiary/aromatic N) is 3. The fraction of sp³-hybridized carbons (Fsp3) is 0.364. The summed E-state index contributed by atoms with van der Waals surface area (Å²) in [5.74, 6) is 0.880. The fourth-order valence-electron chi connectivity index (χ4n) is 1.54. The van der Waals surface area contributed by atoms with Crippen molar-refractivity contribution in [2.24, 2.45) is 5.92 Å². The maximum Gasteiger partial charge on any atom is 0.274 e. The molecule has 5 nitrogen and oxygen atoms in total. The molecule has 2 rings (SSSR count). The largest absolute Gasteiger partial charge is 0.292 e. The molecule has 0 saturated heterocycles. The molecule has 0 unspecified atom stereocenters. The lowest BCUT2D eigenvalue weighted by atomic mass is 10.1. The Morgan fingerprint density at radius 3 is 2.69 bits per heavy atom. The van der Waals surface area contributed by atoms with Gasteiger partial charge in [-0.25, -0.2) is 9.97 Å². The first-order valence-corrected chi connectivity index (χ1v) is 5.25. The highest BCUT2D eigenvalue weighted by molar-refractivity contribution is 5.12. The molecule has 1 N–H and O–H groups in total. The van der Waals surface area contributed by atoms with E-state index in [2.05, 4.69) is 28.9 Å². The van der Waals surface area contributed by atoms with E-state index < -0.39 is 0 Å². The lowest BCUT2D eigenvalue weighted by molar-refractivity contribution is 0.625. The van der Waals surface area contributed by atoms with Gasteiger partial charge in [-0.1, -0.05) is 13.8 Å². The van der Waals surface area contributed by atoms with Gasteiger partial charge in [0.05, 0.1) is 0 Å². The van der Waals surface area contributed by atoms with Crippen molar-refractivity contribution < 1.29 is 0 Å². The lowest BCUT2D eigenvalue weighted by Gasteiger charge is -2.01. The molecule has 0 aromatic carbocycles. The molecule has 0 saturated carbocycles. The van der Waals surface area contributed by atoms with Crippen LogP contribution in [0.1, 0.15) is 19.5 Å². The van der Waals surface area contributed by atoms with Gasteiger partial charge < -0.3 is 0 Å². The Morgan fingerprint density at radius 1 is 1.38 bits per heavy atom. The second kappa shape index (κ2) is 4.30. The summed E-state index contributed by atoms with van der Waals surface area (Å²) in [6.07, 6.45) is 4.06. The normalized spacial score (nSPS) is 10.9. The Bertz CT molecular complexity index is 512. The molecular formula is C11H14N4O. The minimum atomic E-state index is -0.123. The van der Waals surface area contributed by atoms with Gasteiger partial charge in [0, 0.05) is 24.2 Å². The van der Waals surface area contributed by atoms with Gasteiger partial charge in [0.2, 0.25) is 0 Å². The van der Waals surface area contributed by atoms with E-state index in [0.717, 1.165) is 12.1 Å². The highest BCUT2D eigenvalue weighted by atomic mass is 16.1. The van der Waals surface area contributed by atoms with Crippen LogP contribution in [0.4, 0.5) is 0 Å². The molecule has 0 radical (unpaired) electrons. The van der Waals surface area contributed by atoms with Gasteiger partial charge in [-0.3, -0.25) is 9.89 Å². The predicted molar refractivity (Wildman–Crippen MR) is 60.5 cm³/mol. The molecule has 84 valence electrons. The third-order valence-electron chi connectivity index (χ3n) is 2.15. The first-order chi connectivity index (χ1) is 7.66. The molecule has 16 heavy (non-hydrogen) atoms. The highest BCUT2D eigenvalue weighted by Gasteiger charge is 2.07. The Balaban J connectivity index is 2.36. The quantitative estimate of drug-likeness (QED) is 0.840. The summed E-state index contributed by atoms with van der Waals surface area (Å²) in [7, 11) is 0. The number of aromatic amines is 1. The van der Waals surface area contributed by atoms with E-state index in [0.29, 0.717) is 11.9 Å². The van der Waals surface area contributed by atoms with Crippen LogP contribution in [-0.2, 0) is 6.42 Å². The van der Waals surface area contributed by atoms with Crippen molar-refractivity contribution in [3.63, 3.8) is 0 Å². The number of nitrogens with one attached hydrogen (secondary N) is 1.